The number of fused-ring (bicyclic) bond motifs is 1. The lowest BCUT2D eigenvalue weighted by Crippen LogP contribution is -2.47. The van der Waals surface area contributed by atoms with Crippen LogP contribution < -0.4 is 19.7 Å². The van der Waals surface area contributed by atoms with Gasteiger partial charge in [0.25, 0.3) is 12.3 Å². The third kappa shape index (κ3) is 3.42. The minimum Gasteiger partial charge on any atom is -0.493 e. The number of nitrogens with zero attached hydrogens (tertiary/aromatic N) is 4. The van der Waals surface area contributed by atoms with Gasteiger partial charge >= 0.3 is 0 Å². The molecule has 1 aliphatic carbocycles. The van der Waals surface area contributed by atoms with E-state index in [4.69, 9.17) is 9.47 Å². The summed E-state index contributed by atoms with van der Waals surface area (Å²) in [6.45, 7) is 0.393. The highest BCUT2D eigenvalue weighted by Crippen LogP contribution is 2.46. The molecule has 1 atom stereocenters. The number of aromatic nitrogens is 3. The van der Waals surface area contributed by atoms with Crippen molar-refractivity contribution in [1.82, 2.24) is 19.9 Å². The zero-order chi connectivity index (χ0) is 22.7. The van der Waals surface area contributed by atoms with Crippen LogP contribution in [-0.4, -0.2) is 52.7 Å². The number of benzene rings is 1. The van der Waals surface area contributed by atoms with Gasteiger partial charge in [-0.25, -0.2) is 22.7 Å². The molecule has 2 bridgehead atoms. The van der Waals surface area contributed by atoms with E-state index < -0.39 is 18.3 Å². The van der Waals surface area contributed by atoms with Crippen molar-refractivity contribution < 1.29 is 27.4 Å². The molecule has 4 heterocycles. The van der Waals surface area contributed by atoms with E-state index in [-0.39, 0.29) is 47.3 Å². The summed E-state index contributed by atoms with van der Waals surface area (Å²) in [4.78, 5) is 18.8. The van der Waals surface area contributed by atoms with Crippen molar-refractivity contribution in [3.63, 3.8) is 0 Å². The van der Waals surface area contributed by atoms with E-state index in [0.29, 0.717) is 24.5 Å². The number of alkyl halides is 2. The fourth-order valence-electron chi connectivity index (χ4n) is 4.32. The minimum absolute atomic E-state index is 0.0652. The first-order chi connectivity index (χ1) is 15.9. The smallest absolute Gasteiger partial charge is 0.261 e. The van der Waals surface area contributed by atoms with Crippen molar-refractivity contribution >= 4 is 17.4 Å². The van der Waals surface area contributed by atoms with Gasteiger partial charge in [-0.1, -0.05) is 0 Å². The molecule has 3 aliphatic rings. The molecule has 1 saturated carbocycles. The molecular formula is C22H20F3N5O3. The number of nitrogens with one attached hydrogen (secondary N) is 1. The lowest BCUT2D eigenvalue weighted by atomic mass is 10.1. The van der Waals surface area contributed by atoms with Gasteiger partial charge in [-0.05, 0) is 31.0 Å². The highest BCUT2D eigenvalue weighted by atomic mass is 19.3. The van der Waals surface area contributed by atoms with Crippen LogP contribution in [0.3, 0.4) is 0 Å². The maximum atomic E-state index is 14.2. The summed E-state index contributed by atoms with van der Waals surface area (Å²) in [6, 6.07) is 2.77. The molecule has 1 unspecified atom stereocenters. The van der Waals surface area contributed by atoms with Crippen molar-refractivity contribution in [1.29, 1.82) is 0 Å². The van der Waals surface area contributed by atoms with Crippen LogP contribution >= 0.6 is 0 Å². The number of rotatable bonds is 1. The molecule has 3 aromatic rings. The van der Waals surface area contributed by atoms with E-state index in [9.17, 15) is 18.0 Å². The summed E-state index contributed by atoms with van der Waals surface area (Å²) in [5.74, 6) is -0.0393. The molecule has 0 radical (unpaired) electrons. The second kappa shape index (κ2) is 7.26. The third-order valence-corrected chi connectivity index (χ3v) is 6.54. The molecule has 33 heavy (non-hydrogen) atoms. The van der Waals surface area contributed by atoms with E-state index in [2.05, 4.69) is 15.4 Å². The summed E-state index contributed by atoms with van der Waals surface area (Å²) < 4.78 is 55.1. The quantitative estimate of drug-likeness (QED) is 0.603. The van der Waals surface area contributed by atoms with Crippen LogP contribution in [0.2, 0.25) is 0 Å². The number of anilines is 1. The Kier molecular flexibility index (Phi) is 4.43. The van der Waals surface area contributed by atoms with Crippen molar-refractivity contribution in [2.24, 2.45) is 5.41 Å². The van der Waals surface area contributed by atoms with Gasteiger partial charge in [0.15, 0.2) is 17.2 Å². The Balaban J connectivity index is 1.53. The number of carbonyl (C=O) groups is 1. The number of ether oxygens (including phenoxy) is 2. The highest BCUT2D eigenvalue weighted by molar-refractivity contribution is 6.00. The number of amides is 1. The molecule has 2 aromatic heterocycles. The SMILES string of the molecule is O=C1NCC2(CC2)COc2ccc(F)cc2CN2c3nc4c1cnn4cc3OCC2C(F)F. The summed E-state index contributed by atoms with van der Waals surface area (Å²) in [5, 5.41) is 7.11. The van der Waals surface area contributed by atoms with E-state index in [1.165, 1.54) is 40.0 Å². The Morgan fingerprint density at radius 1 is 1.21 bits per heavy atom. The van der Waals surface area contributed by atoms with Crippen molar-refractivity contribution in [3.05, 3.63) is 47.5 Å². The summed E-state index contributed by atoms with van der Waals surface area (Å²) >= 11 is 0. The average Bonchev–Trinajstić information content (AvgIpc) is 3.45. The molecule has 1 aromatic carbocycles. The maximum absolute atomic E-state index is 14.2. The van der Waals surface area contributed by atoms with Gasteiger partial charge in [0.2, 0.25) is 0 Å². The van der Waals surface area contributed by atoms with Gasteiger partial charge in [-0.3, -0.25) is 4.79 Å². The van der Waals surface area contributed by atoms with Gasteiger partial charge < -0.3 is 19.7 Å². The fourth-order valence-corrected chi connectivity index (χ4v) is 4.32. The van der Waals surface area contributed by atoms with Crippen LogP contribution in [0.5, 0.6) is 11.5 Å². The molecule has 11 heteroatoms. The summed E-state index contributed by atoms with van der Waals surface area (Å²) in [6.07, 6.45) is 1.92. The monoisotopic (exact) mass is 459 g/mol. The van der Waals surface area contributed by atoms with Crippen LogP contribution in [0.15, 0.2) is 30.6 Å². The van der Waals surface area contributed by atoms with Gasteiger partial charge in [-0.15, -0.1) is 0 Å². The lowest BCUT2D eigenvalue weighted by molar-refractivity contribution is 0.0765. The zero-order valence-electron chi connectivity index (χ0n) is 17.4. The Hall–Kier alpha value is -3.50. The van der Waals surface area contributed by atoms with Crippen molar-refractivity contribution in [2.75, 3.05) is 24.7 Å². The third-order valence-electron chi connectivity index (χ3n) is 6.54. The van der Waals surface area contributed by atoms with Gasteiger partial charge in [-0.2, -0.15) is 5.10 Å². The molecule has 172 valence electrons. The van der Waals surface area contributed by atoms with Crippen molar-refractivity contribution in [2.45, 2.75) is 31.9 Å². The number of halogens is 3. The van der Waals surface area contributed by atoms with Crippen LogP contribution in [0, 0.1) is 11.2 Å². The van der Waals surface area contributed by atoms with Gasteiger partial charge in [0.1, 0.15) is 29.8 Å². The van der Waals surface area contributed by atoms with E-state index in [1.54, 1.807) is 0 Å². The first kappa shape index (κ1) is 20.1. The normalized spacial score (nSPS) is 21.4. The largest absolute Gasteiger partial charge is 0.493 e. The van der Waals surface area contributed by atoms with E-state index in [0.717, 1.165) is 12.8 Å². The maximum Gasteiger partial charge on any atom is 0.261 e. The Morgan fingerprint density at radius 2 is 2.06 bits per heavy atom. The second-order valence-corrected chi connectivity index (χ2v) is 8.82. The molecule has 1 fully saturated rings. The van der Waals surface area contributed by atoms with Crippen molar-refractivity contribution in [3.8, 4) is 11.5 Å². The van der Waals surface area contributed by atoms with Crippen LogP contribution in [-0.2, 0) is 6.54 Å². The number of hydrogen-bond acceptors (Lipinski definition) is 6. The fraction of sp³-hybridized carbons (Fsp3) is 0.409. The Bertz CT molecular complexity index is 1260. The molecule has 1 spiro atoms. The first-order valence-electron chi connectivity index (χ1n) is 10.7. The number of carbonyl (C=O) groups excluding carboxylic acids is 1. The predicted octanol–water partition coefficient (Wildman–Crippen LogP) is 2.80. The van der Waals surface area contributed by atoms with Gasteiger partial charge in [0, 0.05) is 24.1 Å². The standard InChI is InChI=1S/C22H20F3N5O3/c23-13-1-2-16-12(5-13)7-29-15(18(24)25)9-32-17-8-30-19(28-20(17)29)14(6-27-30)21(31)26-10-22(3-4-22)11-33-16/h1-2,5-6,8,15,18H,3-4,7,9-11H2,(H,26,31). The van der Waals surface area contributed by atoms with Gasteiger partial charge in [0.05, 0.1) is 19.0 Å². The van der Waals surface area contributed by atoms with Crippen LogP contribution in [0.1, 0.15) is 28.8 Å². The topological polar surface area (TPSA) is 81.0 Å². The summed E-state index contributed by atoms with van der Waals surface area (Å²) in [5.41, 5.74) is 0.676. The first-order valence-corrected chi connectivity index (χ1v) is 10.7. The summed E-state index contributed by atoms with van der Waals surface area (Å²) in [7, 11) is 0. The van der Waals surface area contributed by atoms with E-state index in [1.807, 2.05) is 0 Å². The Morgan fingerprint density at radius 3 is 2.85 bits per heavy atom. The molecule has 2 aliphatic heterocycles. The predicted molar refractivity (Wildman–Crippen MR) is 110 cm³/mol. The number of hydrogen-bond donors (Lipinski definition) is 1. The van der Waals surface area contributed by atoms with Crippen LogP contribution in [0.4, 0.5) is 19.0 Å². The molecule has 1 N–H and O–H groups in total. The molecular weight excluding hydrogens is 439 g/mol. The average molecular weight is 459 g/mol. The minimum atomic E-state index is -2.74. The van der Waals surface area contributed by atoms with Crippen LogP contribution in [0.25, 0.3) is 5.65 Å². The zero-order valence-corrected chi connectivity index (χ0v) is 17.4. The molecule has 6 rings (SSSR count). The molecule has 1 amide bonds. The molecule has 8 nitrogen and oxygen atoms in total. The molecule has 0 saturated heterocycles. The van der Waals surface area contributed by atoms with E-state index >= 15 is 0 Å². The lowest BCUT2D eigenvalue weighted by Gasteiger charge is -2.37. The highest BCUT2D eigenvalue weighted by Gasteiger charge is 2.44. The Labute approximate surface area is 186 Å². The second-order valence-electron chi connectivity index (χ2n) is 8.82.